The van der Waals surface area contributed by atoms with Gasteiger partial charge in [0.05, 0.1) is 24.5 Å². The van der Waals surface area contributed by atoms with E-state index in [9.17, 15) is 4.79 Å². The number of morpholine rings is 1. The van der Waals surface area contributed by atoms with Gasteiger partial charge in [-0.25, -0.2) is 0 Å². The zero-order valence-electron chi connectivity index (χ0n) is 14.9. The number of rotatable bonds is 6. The molecule has 0 unspecified atom stereocenters. The lowest BCUT2D eigenvalue weighted by molar-refractivity contribution is 0.0383. The van der Waals surface area contributed by atoms with Crippen LogP contribution in [0.15, 0.2) is 42.5 Å². The molecule has 5 nitrogen and oxygen atoms in total. The Hall–Kier alpha value is -1.64. The number of nitrogens with one attached hydrogen (secondary N) is 2. The van der Waals surface area contributed by atoms with Crippen LogP contribution in [0.5, 0.6) is 0 Å². The van der Waals surface area contributed by atoms with E-state index < -0.39 is 0 Å². The van der Waals surface area contributed by atoms with E-state index >= 15 is 0 Å². The Bertz CT molecular complexity index is 760. The maximum atomic E-state index is 12.6. The van der Waals surface area contributed by atoms with Crippen LogP contribution in [0.25, 0.3) is 0 Å². The first kappa shape index (κ1) is 19.1. The maximum absolute atomic E-state index is 12.6. The molecule has 3 rings (SSSR count). The highest BCUT2D eigenvalue weighted by molar-refractivity contribution is 14.1. The zero-order valence-corrected chi connectivity index (χ0v) is 17.1. The second-order valence-corrected chi connectivity index (χ2v) is 7.59. The van der Waals surface area contributed by atoms with E-state index in [-0.39, 0.29) is 5.91 Å². The van der Waals surface area contributed by atoms with Gasteiger partial charge < -0.3 is 15.4 Å². The first-order valence-corrected chi connectivity index (χ1v) is 9.92. The molecule has 2 aromatic rings. The van der Waals surface area contributed by atoms with Gasteiger partial charge in [0.2, 0.25) is 0 Å². The van der Waals surface area contributed by atoms with Crippen LogP contribution >= 0.6 is 22.6 Å². The minimum absolute atomic E-state index is 0.0514. The fourth-order valence-corrected chi connectivity index (χ4v) is 3.60. The lowest BCUT2D eigenvalue weighted by atomic mass is 10.1. The summed E-state index contributed by atoms with van der Waals surface area (Å²) < 4.78 is 6.54. The van der Waals surface area contributed by atoms with Gasteiger partial charge in [0.1, 0.15) is 0 Å². The summed E-state index contributed by atoms with van der Waals surface area (Å²) in [4.78, 5) is 14.9. The van der Waals surface area contributed by atoms with Gasteiger partial charge in [-0.15, -0.1) is 0 Å². The highest BCUT2D eigenvalue weighted by atomic mass is 127. The van der Waals surface area contributed by atoms with Crippen LogP contribution < -0.4 is 10.6 Å². The van der Waals surface area contributed by atoms with Crippen LogP contribution in [0.3, 0.4) is 0 Å². The molecule has 1 aliphatic rings. The van der Waals surface area contributed by atoms with Crippen LogP contribution in [-0.4, -0.2) is 50.2 Å². The smallest absolute Gasteiger partial charge is 0.253 e. The number of hydrogen-bond donors (Lipinski definition) is 2. The number of carbonyl (C=O) groups is 1. The SMILES string of the molecule is Cc1cc(I)ccc1Nc1ccccc1C(=O)NCCN1CCOCC1. The fraction of sp³-hybridized carbons (Fsp3) is 0.350. The molecule has 0 bridgehead atoms. The largest absolute Gasteiger partial charge is 0.379 e. The average Bonchev–Trinajstić information content (AvgIpc) is 2.65. The molecule has 2 aromatic carbocycles. The molecule has 1 saturated heterocycles. The van der Waals surface area contributed by atoms with Gasteiger partial charge in [-0.3, -0.25) is 9.69 Å². The molecule has 1 fully saturated rings. The number of carbonyl (C=O) groups excluding carboxylic acids is 1. The highest BCUT2D eigenvalue weighted by Gasteiger charge is 2.13. The Balaban J connectivity index is 1.63. The van der Waals surface area contributed by atoms with Crippen molar-refractivity contribution in [1.82, 2.24) is 10.2 Å². The molecule has 138 valence electrons. The number of benzene rings is 2. The molecule has 0 atom stereocenters. The van der Waals surface area contributed by atoms with E-state index in [0.717, 1.165) is 49.8 Å². The van der Waals surface area contributed by atoms with Crippen molar-refractivity contribution in [3.05, 3.63) is 57.2 Å². The number of nitrogens with zero attached hydrogens (tertiary/aromatic N) is 1. The highest BCUT2D eigenvalue weighted by Crippen LogP contribution is 2.24. The lowest BCUT2D eigenvalue weighted by Gasteiger charge is -2.26. The normalized spacial score (nSPS) is 14.8. The van der Waals surface area contributed by atoms with E-state index in [0.29, 0.717) is 12.1 Å². The zero-order chi connectivity index (χ0) is 18.4. The standard InChI is InChI=1S/C20H24IN3O2/c1-15-14-16(21)6-7-18(15)23-19-5-3-2-4-17(19)20(25)22-8-9-24-10-12-26-13-11-24/h2-7,14,23H,8-13H2,1H3,(H,22,25). The van der Waals surface area contributed by atoms with Crippen molar-refractivity contribution in [2.45, 2.75) is 6.92 Å². The quantitative estimate of drug-likeness (QED) is 0.643. The van der Waals surface area contributed by atoms with Crippen molar-refractivity contribution >= 4 is 39.9 Å². The topological polar surface area (TPSA) is 53.6 Å². The van der Waals surface area contributed by atoms with Crippen LogP contribution in [0, 0.1) is 10.5 Å². The Morgan fingerprint density at radius 2 is 1.92 bits per heavy atom. The Morgan fingerprint density at radius 1 is 1.15 bits per heavy atom. The number of amides is 1. The number of anilines is 2. The molecular formula is C20H24IN3O2. The van der Waals surface area contributed by atoms with Crippen molar-refractivity contribution in [2.75, 3.05) is 44.7 Å². The van der Waals surface area contributed by atoms with Gasteiger partial charge in [0.15, 0.2) is 0 Å². The summed E-state index contributed by atoms with van der Waals surface area (Å²) >= 11 is 2.30. The lowest BCUT2D eigenvalue weighted by Crippen LogP contribution is -2.41. The second kappa shape index (κ2) is 9.34. The van der Waals surface area contributed by atoms with E-state index in [4.69, 9.17) is 4.74 Å². The molecule has 0 aromatic heterocycles. The molecule has 0 radical (unpaired) electrons. The van der Waals surface area contributed by atoms with Crippen molar-refractivity contribution in [1.29, 1.82) is 0 Å². The van der Waals surface area contributed by atoms with Gasteiger partial charge in [-0.05, 0) is 65.4 Å². The third-order valence-electron chi connectivity index (χ3n) is 4.45. The summed E-state index contributed by atoms with van der Waals surface area (Å²) in [5.74, 6) is -0.0514. The summed E-state index contributed by atoms with van der Waals surface area (Å²) in [5.41, 5.74) is 3.64. The Morgan fingerprint density at radius 3 is 2.69 bits per heavy atom. The molecule has 1 aliphatic heterocycles. The molecule has 0 saturated carbocycles. The maximum Gasteiger partial charge on any atom is 0.253 e. The molecule has 1 amide bonds. The molecule has 0 spiro atoms. The van der Waals surface area contributed by atoms with Gasteiger partial charge in [0.25, 0.3) is 5.91 Å². The summed E-state index contributed by atoms with van der Waals surface area (Å²) in [7, 11) is 0. The Kier molecular flexibility index (Phi) is 6.87. The monoisotopic (exact) mass is 465 g/mol. The summed E-state index contributed by atoms with van der Waals surface area (Å²) in [6.07, 6.45) is 0. The second-order valence-electron chi connectivity index (χ2n) is 6.34. The van der Waals surface area contributed by atoms with Crippen LogP contribution in [0.1, 0.15) is 15.9 Å². The van der Waals surface area contributed by atoms with Crippen LogP contribution in [-0.2, 0) is 4.74 Å². The molecule has 26 heavy (non-hydrogen) atoms. The molecule has 1 heterocycles. The molecule has 0 aliphatic carbocycles. The number of halogens is 1. The van der Waals surface area contributed by atoms with E-state index in [1.54, 1.807) is 0 Å². The van der Waals surface area contributed by atoms with Gasteiger partial charge >= 0.3 is 0 Å². The van der Waals surface area contributed by atoms with Crippen LogP contribution in [0.4, 0.5) is 11.4 Å². The minimum Gasteiger partial charge on any atom is -0.379 e. The Labute approximate surface area is 168 Å². The average molecular weight is 465 g/mol. The first-order chi connectivity index (χ1) is 12.6. The van der Waals surface area contributed by atoms with E-state index in [2.05, 4.69) is 57.2 Å². The fourth-order valence-electron chi connectivity index (χ4n) is 2.95. The van der Waals surface area contributed by atoms with Crippen molar-refractivity contribution in [2.24, 2.45) is 0 Å². The minimum atomic E-state index is -0.0514. The number of aryl methyl sites for hydroxylation is 1. The number of ether oxygens (including phenoxy) is 1. The number of para-hydroxylation sites is 1. The van der Waals surface area contributed by atoms with Gasteiger partial charge in [0, 0.05) is 35.4 Å². The van der Waals surface area contributed by atoms with E-state index in [1.165, 1.54) is 3.57 Å². The first-order valence-electron chi connectivity index (χ1n) is 8.84. The van der Waals surface area contributed by atoms with E-state index in [1.807, 2.05) is 30.3 Å². The summed E-state index contributed by atoms with van der Waals surface area (Å²) in [6, 6.07) is 13.8. The van der Waals surface area contributed by atoms with Gasteiger partial charge in [-0.2, -0.15) is 0 Å². The third-order valence-corrected chi connectivity index (χ3v) is 5.12. The van der Waals surface area contributed by atoms with Crippen LogP contribution in [0.2, 0.25) is 0 Å². The molecule has 6 heteroatoms. The summed E-state index contributed by atoms with van der Waals surface area (Å²) in [6.45, 7) is 6.96. The van der Waals surface area contributed by atoms with Gasteiger partial charge in [-0.1, -0.05) is 12.1 Å². The third kappa shape index (κ3) is 5.18. The summed E-state index contributed by atoms with van der Waals surface area (Å²) in [5, 5.41) is 6.43. The molecule has 2 N–H and O–H groups in total. The van der Waals surface area contributed by atoms with Crippen molar-refractivity contribution < 1.29 is 9.53 Å². The van der Waals surface area contributed by atoms with Crippen molar-refractivity contribution in [3.63, 3.8) is 0 Å². The van der Waals surface area contributed by atoms with Crippen molar-refractivity contribution in [3.8, 4) is 0 Å². The predicted molar refractivity (Wildman–Crippen MR) is 113 cm³/mol. The molecular weight excluding hydrogens is 441 g/mol. The predicted octanol–water partition coefficient (Wildman–Crippen LogP) is 3.41. The number of hydrogen-bond acceptors (Lipinski definition) is 4.